The number of ketones is 1. The molecule has 5 fully saturated rings. The van der Waals surface area contributed by atoms with Gasteiger partial charge in [0.05, 0.1) is 36.9 Å². The van der Waals surface area contributed by atoms with Gasteiger partial charge >= 0.3 is 17.8 Å². The van der Waals surface area contributed by atoms with Gasteiger partial charge in [-0.1, -0.05) is 204 Å². The molecule has 19 heteroatoms. The molecule has 4 amide bonds. The number of carbonyl (C=O) groups excluding carboxylic acids is 3. The molecule has 0 radical (unpaired) electrons. The van der Waals surface area contributed by atoms with Crippen molar-refractivity contribution in [2.45, 2.75) is 145 Å². The number of hydrogen-bond donors (Lipinski definition) is 2. The number of aliphatic hydroxyl groups is 2. The standard InChI is InChI=1S/C24H26N2O3S.C18H18N2O2S.C18H16N2OS.C12H26O2S2.3CH4/c27-20-13-7-8-14-24(20,29)21-19-16-30-22(18-11-5-2-6-12-18)26(19)23(28)25(21)15-17-9-3-1-4-10-17;21-16-15-12-23-17(14-9-5-2-6-10-14)20(15)18(22)19(16)11-13-7-3-1-4-8-13;21-18-19(11-14-7-3-1-4-8-14)12-16-13-22-17(20(16)18)15-9-5-2-6-10-15;1-15(2,3)13-11-9-7-8-10-12(11)14-16(4,5)6;;;/h1-6,9-12,19,21-22,29H,7-8,13-16H2;1-10,15-17,21H,11-12H2;1-10,12,17H,11,13H2;7-10H2,1-6H3;3*1H4/t19-,21+,22-,24?;15-,16?,17-;17-;;;;/m000..../s1. The van der Waals surface area contributed by atoms with E-state index in [9.17, 15) is 29.4 Å². The Morgan fingerprint density at radius 2 is 0.883 bits per heavy atom. The topological polar surface area (TPSA) is 150 Å². The van der Waals surface area contributed by atoms with Gasteiger partial charge in [-0.25, -0.2) is 14.4 Å². The first-order valence-corrected chi connectivity index (χ1v) is 40.1. The Bertz CT molecular complexity index is 3640. The minimum Gasteiger partial charge on any atom is -0.451 e. The van der Waals surface area contributed by atoms with Crippen molar-refractivity contribution in [3.8, 4) is 0 Å². The van der Waals surface area contributed by atoms with E-state index in [-0.39, 0.29) is 74.0 Å². The number of Topliss-reactive ketones (excluding diaryl/α,β-unsaturated/α-hetero) is 1. The fraction of sp³-hybridized carbons (Fsp3) is 0.413. The van der Waals surface area contributed by atoms with E-state index in [1.54, 1.807) is 33.3 Å². The summed E-state index contributed by atoms with van der Waals surface area (Å²) in [5.41, 5.74) is 6.30. The van der Waals surface area contributed by atoms with Gasteiger partial charge in [-0.05, 0) is 103 Å². The number of aromatic nitrogens is 2. The van der Waals surface area contributed by atoms with Crippen molar-refractivity contribution < 1.29 is 33.0 Å². The van der Waals surface area contributed by atoms with E-state index < -0.39 is 38.5 Å². The number of urea groups is 2. The lowest BCUT2D eigenvalue weighted by molar-refractivity contribution is -0.148. The molecule has 14 nitrogen and oxygen atoms in total. The molecule has 6 aromatic carbocycles. The van der Waals surface area contributed by atoms with Crippen molar-refractivity contribution in [2.75, 3.05) is 49.0 Å². The Hall–Kier alpha value is -6.45. The molecule has 2 aliphatic carbocycles. The third-order valence-electron chi connectivity index (χ3n) is 17.2. The molecule has 2 N–H and O–H groups in total. The molecule has 0 bridgehead atoms. The Morgan fingerprint density at radius 1 is 0.489 bits per heavy atom. The van der Waals surface area contributed by atoms with Crippen molar-refractivity contribution in [1.29, 1.82) is 0 Å². The van der Waals surface area contributed by atoms with Crippen LogP contribution >= 0.6 is 55.9 Å². The van der Waals surface area contributed by atoms with E-state index in [4.69, 9.17) is 8.37 Å². The van der Waals surface area contributed by atoms with Gasteiger partial charge in [0.1, 0.15) is 21.7 Å². The number of rotatable bonds is 14. The molecule has 2 unspecified atom stereocenters. The number of benzene rings is 6. The van der Waals surface area contributed by atoms with Crippen molar-refractivity contribution in [1.82, 2.24) is 28.7 Å². The van der Waals surface area contributed by atoms with E-state index in [2.05, 4.69) is 61.8 Å². The summed E-state index contributed by atoms with van der Waals surface area (Å²) in [4.78, 5) is 59.3. The minimum atomic E-state index is -1.46. The largest absolute Gasteiger partial charge is 0.451 e. The third kappa shape index (κ3) is 17.0. The minimum absolute atomic E-state index is 0. The van der Waals surface area contributed by atoms with Crippen LogP contribution in [-0.4, -0.2) is 136 Å². The van der Waals surface area contributed by atoms with Crippen LogP contribution in [0.25, 0.3) is 0 Å². The number of allylic oxidation sites excluding steroid dienone is 2. The summed E-state index contributed by atoms with van der Waals surface area (Å²) in [5, 5.41) is 22.2. The summed E-state index contributed by atoms with van der Waals surface area (Å²) in [6, 6.07) is 59.1. The molecule has 506 valence electrons. The van der Waals surface area contributed by atoms with Gasteiger partial charge in [-0.15, -0.1) is 55.9 Å². The Labute approximate surface area is 574 Å². The Kier molecular flexibility index (Phi) is 25.4. The monoisotopic (exact) mass is 1370 g/mol. The molecule has 8 atom stereocenters. The van der Waals surface area contributed by atoms with Crippen molar-refractivity contribution in [3.05, 3.63) is 249 Å². The zero-order valence-electron chi connectivity index (χ0n) is 52.9. The fourth-order valence-electron chi connectivity index (χ4n) is 13.1. The number of amides is 4. The fourth-order valence-corrected chi connectivity index (χ4v) is 18.8. The van der Waals surface area contributed by atoms with Gasteiger partial charge in [-0.3, -0.25) is 18.8 Å². The van der Waals surface area contributed by atoms with Gasteiger partial charge < -0.3 is 33.3 Å². The molecule has 14 rings (SSSR count). The van der Waals surface area contributed by atoms with Gasteiger partial charge in [-0.2, -0.15) is 0 Å². The lowest BCUT2D eigenvalue weighted by atomic mass is 9.75. The number of fused-ring (bicyclic) bond motifs is 3. The maximum atomic E-state index is 13.7. The van der Waals surface area contributed by atoms with Crippen LogP contribution in [0.4, 0.5) is 9.59 Å². The van der Waals surface area contributed by atoms with Crippen LogP contribution in [0, 0.1) is 0 Å². The number of aliphatic hydroxyl groups excluding tert-OH is 1. The number of nitrogens with zero attached hydrogens (tertiary/aromatic N) is 6. The second kappa shape index (κ2) is 32.5. The van der Waals surface area contributed by atoms with Crippen molar-refractivity contribution in [2.24, 2.45) is 0 Å². The van der Waals surface area contributed by atoms with E-state index in [1.807, 2.05) is 195 Å². The molecule has 0 spiro atoms. The van der Waals surface area contributed by atoms with Gasteiger partial charge in [0.2, 0.25) is 0 Å². The molecule has 5 aliphatic heterocycles. The van der Waals surface area contributed by atoms with Crippen LogP contribution in [-0.2, 0) is 38.5 Å². The van der Waals surface area contributed by atoms with E-state index in [0.717, 1.165) is 88.0 Å². The molecular weight excluding hydrogens is 1270 g/mol. The summed E-state index contributed by atoms with van der Waals surface area (Å²) < 4.78 is 15.9. The predicted octanol–water partition coefficient (Wildman–Crippen LogP) is 16.5. The van der Waals surface area contributed by atoms with Crippen LogP contribution in [0.3, 0.4) is 0 Å². The maximum absolute atomic E-state index is 13.7. The zero-order chi connectivity index (χ0) is 63.9. The summed E-state index contributed by atoms with van der Waals surface area (Å²) in [5.74, 6) is 4.50. The third-order valence-corrected chi connectivity index (χ3v) is 22.5. The van der Waals surface area contributed by atoms with E-state index >= 15 is 0 Å². The maximum Gasteiger partial charge on any atom is 0.329 e. The van der Waals surface area contributed by atoms with Crippen LogP contribution < -0.4 is 5.69 Å². The van der Waals surface area contributed by atoms with Crippen LogP contribution in [0.1, 0.15) is 129 Å². The summed E-state index contributed by atoms with van der Waals surface area (Å²) >= 11 is 5.25. The van der Waals surface area contributed by atoms with E-state index in [0.29, 0.717) is 32.5 Å². The predicted molar refractivity (Wildman–Crippen MR) is 396 cm³/mol. The van der Waals surface area contributed by atoms with Crippen LogP contribution in [0.5, 0.6) is 0 Å². The van der Waals surface area contributed by atoms with Gasteiger partial charge in [0, 0.05) is 49.3 Å². The Morgan fingerprint density at radius 3 is 1.34 bits per heavy atom. The van der Waals surface area contributed by atoms with Crippen LogP contribution in [0.15, 0.2) is 205 Å². The second-order valence-electron chi connectivity index (χ2n) is 25.5. The summed E-state index contributed by atoms with van der Waals surface area (Å²) in [7, 11) is -1.88. The van der Waals surface area contributed by atoms with Crippen molar-refractivity contribution >= 4 is 73.7 Å². The first kappa shape index (κ1) is 73.4. The number of carbonyl (C=O) groups is 3. The molecular formula is C75H98N6O8S5. The molecule has 7 aliphatic rings. The van der Waals surface area contributed by atoms with Crippen LogP contribution in [0.2, 0.25) is 0 Å². The second-order valence-corrected chi connectivity index (χ2v) is 36.0. The quantitative estimate of drug-likeness (QED) is 0.107. The lowest BCUT2D eigenvalue weighted by Crippen LogP contribution is -2.60. The molecule has 6 heterocycles. The summed E-state index contributed by atoms with van der Waals surface area (Å²) in [6.07, 6.45) is 21.3. The number of hydrogen-bond acceptors (Lipinski definition) is 11. The molecule has 1 saturated carbocycles. The van der Waals surface area contributed by atoms with E-state index in [1.165, 1.54) is 18.4 Å². The normalized spacial score (nSPS) is 23.9. The first-order chi connectivity index (χ1) is 43.8. The molecule has 4 saturated heterocycles. The van der Waals surface area contributed by atoms with Gasteiger partial charge in [0.15, 0.2) is 23.5 Å². The summed E-state index contributed by atoms with van der Waals surface area (Å²) in [6.45, 7) is 1.48. The highest BCUT2D eigenvalue weighted by atomic mass is 32.3. The smallest absolute Gasteiger partial charge is 0.329 e. The SMILES string of the molecule is C.C.C.CS(C)(C)OC1=C(OS(C)(C)C)CCCC1.O=C1N(Cc2ccccc2)C(O)[C@@H]2CS[C@@H](c3ccccc3)N12.O=C1N(Cc2ccccc2)[C@@H](C2(O)CCCCC2=O)[C@@H]2CS[C@@H](c3ccccc3)N12.O=c1n(Cc2ccccc2)cc2n1[C@H](c1ccccc1)SC2. The lowest BCUT2D eigenvalue weighted by Gasteiger charge is -2.41. The van der Waals surface area contributed by atoms with Gasteiger partial charge in [0.25, 0.3) is 0 Å². The average Bonchev–Trinajstić information content (AvgIpc) is 1.57. The Balaban J connectivity index is 0.000000163. The molecule has 1 aromatic heterocycles. The first-order valence-electron chi connectivity index (χ1n) is 31.4. The highest BCUT2D eigenvalue weighted by molar-refractivity contribution is 8.28. The average molecular weight is 1370 g/mol. The zero-order valence-corrected chi connectivity index (χ0v) is 57.0. The molecule has 94 heavy (non-hydrogen) atoms. The van der Waals surface area contributed by atoms with Crippen molar-refractivity contribution in [3.63, 3.8) is 0 Å². The highest BCUT2D eigenvalue weighted by Gasteiger charge is 2.62. The highest BCUT2D eigenvalue weighted by Crippen LogP contribution is 2.52. The molecule has 7 aromatic rings. The number of imidazole rings is 1. The number of thioether (sulfide) groups is 3.